The summed E-state index contributed by atoms with van der Waals surface area (Å²) in [6, 6.07) is 12.7. The maximum absolute atomic E-state index is 12.9. The van der Waals surface area contributed by atoms with Gasteiger partial charge in [-0.2, -0.15) is 5.26 Å². The second-order valence-electron chi connectivity index (χ2n) is 5.80. The van der Waals surface area contributed by atoms with Crippen molar-refractivity contribution in [2.75, 3.05) is 13.1 Å². The summed E-state index contributed by atoms with van der Waals surface area (Å²) in [6.07, 6.45) is 2.68. The summed E-state index contributed by atoms with van der Waals surface area (Å²) in [7, 11) is 0. The molecule has 3 rings (SSSR count). The predicted octanol–water partition coefficient (Wildman–Crippen LogP) is 2.82. The molecule has 134 valence electrons. The topological polar surface area (TPSA) is 81.5 Å². The van der Waals surface area contributed by atoms with Gasteiger partial charge in [0.05, 0.1) is 11.6 Å². The molecule has 4 amide bonds. The van der Waals surface area contributed by atoms with Crippen LogP contribution < -0.4 is 0 Å². The first-order valence-corrected chi connectivity index (χ1v) is 8.11. The maximum Gasteiger partial charge on any atom is 0.334 e. The van der Waals surface area contributed by atoms with Crippen LogP contribution in [-0.2, 0) is 4.79 Å². The molecule has 0 unspecified atom stereocenters. The van der Waals surface area contributed by atoms with Gasteiger partial charge in [0.15, 0.2) is 0 Å². The Labute approximate surface area is 154 Å². The number of carbonyl (C=O) groups is 3. The second kappa shape index (κ2) is 7.62. The maximum atomic E-state index is 12.9. The highest BCUT2D eigenvalue weighted by molar-refractivity contribution is 6.11. The van der Waals surface area contributed by atoms with Crippen LogP contribution in [0.4, 0.5) is 9.18 Å². The summed E-state index contributed by atoms with van der Waals surface area (Å²) in [5.74, 6) is -1.47. The highest BCUT2D eigenvalue weighted by Crippen LogP contribution is 2.15. The molecule has 0 N–H and O–H groups in total. The lowest BCUT2D eigenvalue weighted by Crippen LogP contribution is -2.38. The van der Waals surface area contributed by atoms with Crippen molar-refractivity contribution in [2.24, 2.45) is 0 Å². The Bertz CT molecular complexity index is 959. The fraction of sp³-hybridized carbons (Fsp3) is 0.100. The van der Waals surface area contributed by atoms with E-state index in [4.69, 9.17) is 5.26 Å². The van der Waals surface area contributed by atoms with E-state index in [9.17, 15) is 18.8 Å². The second-order valence-corrected chi connectivity index (χ2v) is 5.80. The monoisotopic (exact) mass is 363 g/mol. The predicted molar refractivity (Wildman–Crippen MR) is 94.7 cm³/mol. The van der Waals surface area contributed by atoms with E-state index in [0.29, 0.717) is 11.1 Å². The van der Waals surface area contributed by atoms with Gasteiger partial charge >= 0.3 is 6.03 Å². The molecule has 7 heteroatoms. The number of rotatable bonds is 3. The van der Waals surface area contributed by atoms with Crippen molar-refractivity contribution >= 4 is 23.9 Å². The molecular formula is C20H14FN3O3. The van der Waals surface area contributed by atoms with Gasteiger partial charge in [-0.1, -0.05) is 12.1 Å². The van der Waals surface area contributed by atoms with Gasteiger partial charge in [0.2, 0.25) is 0 Å². The third kappa shape index (κ3) is 3.90. The first kappa shape index (κ1) is 18.0. The van der Waals surface area contributed by atoms with Crippen LogP contribution in [0.2, 0.25) is 0 Å². The molecule has 0 aliphatic carbocycles. The SMILES string of the molecule is N#Cc1ccc(C(=O)N2CCN(C(=O)/C=C/c3ccc(F)cc3)C2=O)cc1. The first-order chi connectivity index (χ1) is 13.0. The molecule has 0 bridgehead atoms. The van der Waals surface area contributed by atoms with Gasteiger partial charge in [0.25, 0.3) is 11.8 Å². The van der Waals surface area contributed by atoms with Crippen molar-refractivity contribution in [3.8, 4) is 6.07 Å². The van der Waals surface area contributed by atoms with Gasteiger partial charge in [-0.15, -0.1) is 0 Å². The van der Waals surface area contributed by atoms with Gasteiger partial charge in [-0.25, -0.2) is 9.18 Å². The van der Waals surface area contributed by atoms with E-state index in [1.165, 1.54) is 60.7 Å². The zero-order valence-corrected chi connectivity index (χ0v) is 14.1. The van der Waals surface area contributed by atoms with Crippen LogP contribution in [0.15, 0.2) is 54.6 Å². The molecule has 0 aromatic heterocycles. The molecule has 0 saturated carbocycles. The molecule has 0 radical (unpaired) electrons. The lowest BCUT2D eigenvalue weighted by atomic mass is 10.1. The third-order valence-electron chi connectivity index (χ3n) is 4.07. The molecule has 1 heterocycles. The van der Waals surface area contributed by atoms with Gasteiger partial charge in [0, 0.05) is 24.7 Å². The van der Waals surface area contributed by atoms with E-state index in [1.54, 1.807) is 0 Å². The Morgan fingerprint density at radius 3 is 2.26 bits per heavy atom. The van der Waals surface area contributed by atoms with Crippen molar-refractivity contribution in [1.29, 1.82) is 5.26 Å². The minimum atomic E-state index is -0.696. The van der Waals surface area contributed by atoms with E-state index >= 15 is 0 Å². The van der Waals surface area contributed by atoms with E-state index < -0.39 is 17.8 Å². The minimum absolute atomic E-state index is 0.0907. The fourth-order valence-electron chi connectivity index (χ4n) is 2.60. The third-order valence-corrected chi connectivity index (χ3v) is 4.07. The number of benzene rings is 2. The van der Waals surface area contributed by atoms with E-state index in [-0.39, 0.29) is 24.5 Å². The summed E-state index contributed by atoms with van der Waals surface area (Å²) in [6.45, 7) is 0.182. The Morgan fingerprint density at radius 2 is 1.63 bits per heavy atom. The van der Waals surface area contributed by atoms with Crippen molar-refractivity contribution in [3.63, 3.8) is 0 Å². The highest BCUT2D eigenvalue weighted by atomic mass is 19.1. The average molecular weight is 363 g/mol. The average Bonchev–Trinajstić information content (AvgIpc) is 3.08. The largest absolute Gasteiger partial charge is 0.334 e. The zero-order chi connectivity index (χ0) is 19.4. The molecule has 6 nitrogen and oxygen atoms in total. The van der Waals surface area contributed by atoms with Crippen LogP contribution >= 0.6 is 0 Å². The lowest BCUT2D eigenvalue weighted by Gasteiger charge is -2.15. The molecule has 1 aliphatic heterocycles. The number of hydrogen-bond donors (Lipinski definition) is 0. The Kier molecular flexibility index (Phi) is 5.08. The molecule has 1 saturated heterocycles. The van der Waals surface area contributed by atoms with Crippen LogP contribution in [0.25, 0.3) is 6.08 Å². The van der Waals surface area contributed by atoms with Crippen LogP contribution in [0, 0.1) is 17.1 Å². The molecule has 27 heavy (non-hydrogen) atoms. The number of imide groups is 2. The number of carbonyl (C=O) groups excluding carboxylic acids is 3. The quantitative estimate of drug-likeness (QED) is 0.785. The fourth-order valence-corrected chi connectivity index (χ4v) is 2.60. The van der Waals surface area contributed by atoms with Crippen LogP contribution in [0.3, 0.4) is 0 Å². The Balaban J connectivity index is 1.68. The van der Waals surface area contributed by atoms with Crippen molar-refractivity contribution in [2.45, 2.75) is 0 Å². The van der Waals surface area contributed by atoms with Crippen LogP contribution in [0.5, 0.6) is 0 Å². The summed E-state index contributed by atoms with van der Waals surface area (Å²) in [5.41, 5.74) is 1.28. The van der Waals surface area contributed by atoms with Gasteiger partial charge in [0.1, 0.15) is 5.82 Å². The number of halogens is 1. The molecule has 2 aromatic carbocycles. The normalized spacial score (nSPS) is 13.9. The van der Waals surface area contributed by atoms with Gasteiger partial charge < -0.3 is 0 Å². The van der Waals surface area contributed by atoms with Crippen molar-refractivity contribution < 1.29 is 18.8 Å². The molecule has 2 aromatic rings. The number of nitriles is 1. The Hall–Kier alpha value is -3.79. The Morgan fingerprint density at radius 1 is 1.00 bits per heavy atom. The standard InChI is InChI=1S/C20H14FN3O3/c21-17-8-3-14(4-9-17)5-10-18(25)23-11-12-24(20(23)27)19(26)16-6-1-15(13-22)2-7-16/h1-10H,11-12H2/b10-5+. The summed E-state index contributed by atoms with van der Waals surface area (Å²) in [5, 5.41) is 8.79. The summed E-state index contributed by atoms with van der Waals surface area (Å²) >= 11 is 0. The number of hydrogen-bond acceptors (Lipinski definition) is 4. The van der Waals surface area contributed by atoms with Crippen LogP contribution in [-0.4, -0.2) is 40.7 Å². The molecule has 1 fully saturated rings. The lowest BCUT2D eigenvalue weighted by molar-refractivity contribution is -0.122. The van der Waals surface area contributed by atoms with Gasteiger partial charge in [-0.05, 0) is 48.0 Å². The first-order valence-electron chi connectivity index (χ1n) is 8.11. The summed E-state index contributed by atoms with van der Waals surface area (Å²) in [4.78, 5) is 39.1. The van der Waals surface area contributed by atoms with E-state index in [1.807, 2.05) is 6.07 Å². The molecule has 1 aliphatic rings. The number of urea groups is 1. The summed E-state index contributed by atoms with van der Waals surface area (Å²) < 4.78 is 12.9. The number of amides is 4. The van der Waals surface area contributed by atoms with Crippen molar-refractivity contribution in [1.82, 2.24) is 9.80 Å². The van der Waals surface area contributed by atoms with E-state index in [0.717, 1.165) is 9.80 Å². The number of nitrogens with zero attached hydrogens (tertiary/aromatic N) is 3. The molecule has 0 spiro atoms. The van der Waals surface area contributed by atoms with Crippen LogP contribution in [0.1, 0.15) is 21.5 Å². The minimum Gasteiger partial charge on any atom is -0.269 e. The molecule has 0 atom stereocenters. The zero-order valence-electron chi connectivity index (χ0n) is 14.1. The smallest absolute Gasteiger partial charge is 0.269 e. The van der Waals surface area contributed by atoms with Crippen molar-refractivity contribution in [3.05, 3.63) is 77.1 Å². The van der Waals surface area contributed by atoms with E-state index in [2.05, 4.69) is 0 Å². The highest BCUT2D eigenvalue weighted by Gasteiger charge is 2.36. The van der Waals surface area contributed by atoms with Gasteiger partial charge in [-0.3, -0.25) is 19.4 Å². The molecular weight excluding hydrogens is 349 g/mol.